The zero-order valence-electron chi connectivity index (χ0n) is 7.74. The highest BCUT2D eigenvalue weighted by atomic mass is 19.2. The van der Waals surface area contributed by atoms with E-state index in [-0.39, 0.29) is 30.4 Å². The van der Waals surface area contributed by atoms with Gasteiger partial charge in [-0.2, -0.15) is 0 Å². The fourth-order valence-electron chi connectivity index (χ4n) is 1.13. The van der Waals surface area contributed by atoms with Crippen molar-refractivity contribution in [3.8, 4) is 0 Å². The van der Waals surface area contributed by atoms with Crippen molar-refractivity contribution >= 4 is 0 Å². The van der Waals surface area contributed by atoms with Gasteiger partial charge in [-0.3, -0.25) is 0 Å². The Hall–Kier alpha value is -1.36. The van der Waals surface area contributed by atoms with Crippen LogP contribution in [0.25, 0.3) is 0 Å². The van der Waals surface area contributed by atoms with Gasteiger partial charge in [0.05, 0.1) is 6.33 Å². The Morgan fingerprint density at radius 1 is 1.20 bits per heavy atom. The van der Waals surface area contributed by atoms with Gasteiger partial charge in [-0.1, -0.05) is 0 Å². The summed E-state index contributed by atoms with van der Waals surface area (Å²) in [5, 5.41) is 0. The molecule has 1 nitrogen and oxygen atoms in total. The van der Waals surface area contributed by atoms with Gasteiger partial charge in [-0.05, 0) is 29.7 Å². The lowest BCUT2D eigenvalue weighted by Gasteiger charge is -2.04. The predicted octanol–water partition coefficient (Wildman–Crippen LogP) is 2.46. The van der Waals surface area contributed by atoms with Crippen LogP contribution in [0.15, 0.2) is 24.0 Å². The summed E-state index contributed by atoms with van der Waals surface area (Å²) in [4.78, 5) is 0. The summed E-state index contributed by atoms with van der Waals surface area (Å²) in [7, 11) is 0. The third-order valence-electron chi connectivity index (χ3n) is 1.89. The normalized spacial score (nSPS) is 11.9. The number of nitrogens with two attached hydrogens (primary N) is 1. The van der Waals surface area contributed by atoms with E-state index in [1.807, 2.05) is 0 Å². The minimum atomic E-state index is -1.53. The van der Waals surface area contributed by atoms with Crippen LogP contribution in [0.2, 0.25) is 0 Å². The molecule has 0 fully saturated rings. The van der Waals surface area contributed by atoms with Crippen molar-refractivity contribution in [2.24, 2.45) is 5.73 Å². The van der Waals surface area contributed by atoms with Crippen LogP contribution in [-0.2, 0) is 6.42 Å². The van der Waals surface area contributed by atoms with E-state index in [1.165, 1.54) is 0 Å². The van der Waals surface area contributed by atoms with Crippen LogP contribution >= 0.6 is 0 Å². The molecule has 15 heavy (non-hydrogen) atoms. The van der Waals surface area contributed by atoms with Crippen molar-refractivity contribution in [1.29, 1.82) is 0 Å². The molecule has 0 spiro atoms. The maximum Gasteiger partial charge on any atom is 0.194 e. The average molecular weight is 219 g/mol. The van der Waals surface area contributed by atoms with Crippen molar-refractivity contribution < 1.29 is 17.6 Å². The van der Waals surface area contributed by atoms with Gasteiger partial charge >= 0.3 is 0 Å². The molecule has 1 aromatic rings. The summed E-state index contributed by atoms with van der Waals surface area (Å²) < 4.78 is 50.1. The molecule has 1 aromatic carbocycles. The molecule has 2 N–H and O–H groups in total. The van der Waals surface area contributed by atoms with Crippen LogP contribution < -0.4 is 5.73 Å². The monoisotopic (exact) mass is 219 g/mol. The predicted molar refractivity (Wildman–Crippen MR) is 48.3 cm³/mol. The van der Waals surface area contributed by atoms with Crippen LogP contribution in [-0.4, -0.2) is 6.54 Å². The average Bonchev–Trinajstić information content (AvgIpc) is 2.22. The zero-order valence-corrected chi connectivity index (χ0v) is 7.74. The lowest BCUT2D eigenvalue weighted by atomic mass is 10.1. The van der Waals surface area contributed by atoms with E-state index in [4.69, 9.17) is 5.73 Å². The molecule has 5 heteroatoms. The lowest BCUT2D eigenvalue weighted by Crippen LogP contribution is -2.06. The molecule has 0 aliphatic heterocycles. The minimum Gasteiger partial charge on any atom is -0.327 e. The molecule has 0 saturated carbocycles. The summed E-state index contributed by atoms with van der Waals surface area (Å²) in [5.41, 5.74) is 5.49. The first-order valence-electron chi connectivity index (χ1n) is 4.20. The number of halogens is 4. The van der Waals surface area contributed by atoms with E-state index in [0.29, 0.717) is 0 Å². The Morgan fingerprint density at radius 3 is 2.13 bits per heavy atom. The first kappa shape index (κ1) is 11.7. The number of rotatable bonds is 3. The minimum absolute atomic E-state index is 0.0406. The SMILES string of the molecule is NC/C(=C\F)Cc1cc(F)c(F)c(F)c1. The van der Waals surface area contributed by atoms with Crippen molar-refractivity contribution in [2.75, 3.05) is 6.54 Å². The summed E-state index contributed by atoms with van der Waals surface area (Å²) in [5.74, 6) is -4.11. The van der Waals surface area contributed by atoms with Crippen LogP contribution in [0.3, 0.4) is 0 Å². The first-order valence-corrected chi connectivity index (χ1v) is 4.20. The van der Waals surface area contributed by atoms with Crippen LogP contribution in [0.1, 0.15) is 5.56 Å². The summed E-state index contributed by atoms with van der Waals surface area (Å²) in [6, 6.07) is 1.63. The van der Waals surface area contributed by atoms with Gasteiger partial charge in [-0.25, -0.2) is 17.6 Å². The molecule has 0 amide bonds. The highest BCUT2D eigenvalue weighted by molar-refractivity contribution is 5.24. The zero-order chi connectivity index (χ0) is 11.4. The quantitative estimate of drug-likeness (QED) is 0.613. The summed E-state index contributed by atoms with van der Waals surface area (Å²) in [6.45, 7) is -0.0584. The molecule has 0 aliphatic carbocycles. The Bertz CT molecular complexity index is 364. The molecule has 0 atom stereocenters. The molecule has 0 heterocycles. The third kappa shape index (κ3) is 2.79. The van der Waals surface area contributed by atoms with E-state index in [1.54, 1.807) is 0 Å². The maximum absolute atomic E-state index is 12.7. The Kier molecular flexibility index (Phi) is 3.85. The standard InChI is InChI=1S/C10H9F4N/c11-4-7(5-15)1-6-2-8(12)10(14)9(13)3-6/h2-4H,1,5,15H2/b7-4-. The second kappa shape index (κ2) is 4.93. The van der Waals surface area contributed by atoms with E-state index in [9.17, 15) is 17.6 Å². The van der Waals surface area contributed by atoms with Gasteiger partial charge in [-0.15, -0.1) is 0 Å². The topological polar surface area (TPSA) is 26.0 Å². The molecule has 0 aromatic heterocycles. The summed E-state index contributed by atoms with van der Waals surface area (Å²) in [6.07, 6.45) is 0.236. The highest BCUT2D eigenvalue weighted by Crippen LogP contribution is 2.16. The Labute approximate surface area is 84.2 Å². The largest absolute Gasteiger partial charge is 0.327 e. The Balaban J connectivity index is 2.97. The van der Waals surface area contributed by atoms with Gasteiger partial charge in [0, 0.05) is 6.54 Å². The Morgan fingerprint density at radius 2 is 1.73 bits per heavy atom. The van der Waals surface area contributed by atoms with E-state index >= 15 is 0 Å². The van der Waals surface area contributed by atoms with Crippen molar-refractivity contribution in [2.45, 2.75) is 6.42 Å². The van der Waals surface area contributed by atoms with Crippen LogP contribution in [0.5, 0.6) is 0 Å². The second-order valence-corrected chi connectivity index (χ2v) is 3.02. The fraction of sp³-hybridized carbons (Fsp3) is 0.200. The molecule has 0 aliphatic rings. The number of benzene rings is 1. The van der Waals surface area contributed by atoms with Gasteiger partial charge < -0.3 is 5.73 Å². The van der Waals surface area contributed by atoms with E-state index in [0.717, 1.165) is 12.1 Å². The molecule has 0 unspecified atom stereocenters. The maximum atomic E-state index is 12.7. The van der Waals surface area contributed by atoms with Crippen LogP contribution in [0.4, 0.5) is 17.6 Å². The van der Waals surface area contributed by atoms with E-state index < -0.39 is 17.5 Å². The highest BCUT2D eigenvalue weighted by Gasteiger charge is 2.11. The second-order valence-electron chi connectivity index (χ2n) is 3.02. The molecule has 1 rings (SSSR count). The fourth-order valence-corrected chi connectivity index (χ4v) is 1.13. The first-order chi connectivity index (χ1) is 7.08. The molecule has 0 saturated heterocycles. The van der Waals surface area contributed by atoms with Crippen molar-refractivity contribution in [3.63, 3.8) is 0 Å². The molecular weight excluding hydrogens is 210 g/mol. The molecule has 0 radical (unpaired) electrons. The van der Waals surface area contributed by atoms with Gasteiger partial charge in [0.1, 0.15) is 0 Å². The third-order valence-corrected chi connectivity index (χ3v) is 1.89. The molecule has 82 valence electrons. The van der Waals surface area contributed by atoms with E-state index in [2.05, 4.69) is 0 Å². The van der Waals surface area contributed by atoms with Gasteiger partial charge in [0.25, 0.3) is 0 Å². The number of hydrogen-bond donors (Lipinski definition) is 1. The molecule has 0 bridgehead atoms. The van der Waals surface area contributed by atoms with Gasteiger partial charge in [0.2, 0.25) is 0 Å². The van der Waals surface area contributed by atoms with Crippen LogP contribution in [0, 0.1) is 17.5 Å². The van der Waals surface area contributed by atoms with Crippen molar-refractivity contribution in [1.82, 2.24) is 0 Å². The smallest absolute Gasteiger partial charge is 0.194 e. The number of hydrogen-bond acceptors (Lipinski definition) is 1. The lowest BCUT2D eigenvalue weighted by molar-refractivity contribution is 0.445. The molecular formula is C10H9F4N. The van der Waals surface area contributed by atoms with Crippen molar-refractivity contribution in [3.05, 3.63) is 47.1 Å². The summed E-state index contributed by atoms with van der Waals surface area (Å²) >= 11 is 0. The van der Waals surface area contributed by atoms with Gasteiger partial charge in [0.15, 0.2) is 17.5 Å².